The number of alkyl halides is 2. The van der Waals surface area contributed by atoms with E-state index in [1.54, 1.807) is 29.5 Å². The Hall–Kier alpha value is -4.95. The fourth-order valence-corrected chi connectivity index (χ4v) is 4.49. The van der Waals surface area contributed by atoms with Crippen LogP contribution in [0.5, 0.6) is 0 Å². The van der Waals surface area contributed by atoms with Gasteiger partial charge in [0.1, 0.15) is 5.69 Å². The largest absolute Gasteiger partial charge is 0.395 e. The second-order valence-electron chi connectivity index (χ2n) is 9.54. The summed E-state index contributed by atoms with van der Waals surface area (Å²) in [5.41, 5.74) is 0.205. The maximum absolute atomic E-state index is 14.7. The number of aliphatic hydroxyl groups is 1. The monoisotopic (exact) mass is 623 g/mol. The van der Waals surface area contributed by atoms with Gasteiger partial charge < -0.3 is 15.3 Å². The van der Waals surface area contributed by atoms with Crippen LogP contribution in [0.25, 0.3) is 11.3 Å². The van der Waals surface area contributed by atoms with E-state index in [2.05, 4.69) is 35.3 Å². The minimum Gasteiger partial charge on any atom is -0.395 e. The van der Waals surface area contributed by atoms with E-state index >= 15 is 0 Å². The molecule has 0 saturated heterocycles. The minimum atomic E-state index is -3.00. The van der Waals surface area contributed by atoms with Gasteiger partial charge in [-0.3, -0.25) is 19.4 Å². The lowest BCUT2D eigenvalue weighted by atomic mass is 10.0. The third-order valence-corrected chi connectivity index (χ3v) is 6.91. The SMILES string of the molecule is CC(c1cnc(N(CCO)Cc2ccccn2)nc1)n1cc(NC(=O)c2cncc(-c3c(C(F)F)ccc(Cl)c3F)n2)cn1. The zero-order valence-corrected chi connectivity index (χ0v) is 23.9. The second kappa shape index (κ2) is 13.6. The molecule has 1 atom stereocenters. The molecule has 5 rings (SSSR count). The quantitative estimate of drug-likeness (QED) is 0.206. The molecule has 0 aliphatic carbocycles. The number of carbonyl (C=O) groups is 1. The summed E-state index contributed by atoms with van der Waals surface area (Å²) in [4.78, 5) is 35.9. The molecule has 0 aliphatic rings. The number of halogens is 4. The Morgan fingerprint density at radius 3 is 2.59 bits per heavy atom. The molecule has 44 heavy (non-hydrogen) atoms. The van der Waals surface area contributed by atoms with Crippen LogP contribution in [0.3, 0.4) is 0 Å². The summed E-state index contributed by atoms with van der Waals surface area (Å²) in [7, 11) is 0. The van der Waals surface area contributed by atoms with Crippen molar-refractivity contribution >= 4 is 29.1 Å². The van der Waals surface area contributed by atoms with Gasteiger partial charge in [0.25, 0.3) is 12.3 Å². The molecule has 4 heterocycles. The average molecular weight is 624 g/mol. The second-order valence-corrected chi connectivity index (χ2v) is 9.94. The molecule has 11 nitrogen and oxygen atoms in total. The number of hydrogen-bond acceptors (Lipinski definition) is 9. The first-order valence-corrected chi connectivity index (χ1v) is 13.6. The number of aliphatic hydroxyl groups excluding tert-OH is 1. The lowest BCUT2D eigenvalue weighted by molar-refractivity contribution is 0.102. The average Bonchev–Trinajstić information content (AvgIpc) is 3.50. The van der Waals surface area contributed by atoms with Crippen LogP contribution in [0.2, 0.25) is 5.02 Å². The van der Waals surface area contributed by atoms with Gasteiger partial charge in [-0.15, -0.1) is 0 Å². The number of aromatic nitrogens is 7. The van der Waals surface area contributed by atoms with E-state index in [0.29, 0.717) is 24.7 Å². The van der Waals surface area contributed by atoms with Crippen LogP contribution in [0, 0.1) is 5.82 Å². The molecule has 0 saturated carbocycles. The van der Waals surface area contributed by atoms with Crippen molar-refractivity contribution in [3.63, 3.8) is 0 Å². The van der Waals surface area contributed by atoms with E-state index < -0.39 is 29.3 Å². The van der Waals surface area contributed by atoms with E-state index in [4.69, 9.17) is 11.6 Å². The van der Waals surface area contributed by atoms with Crippen molar-refractivity contribution in [1.82, 2.24) is 34.7 Å². The molecular formula is C29H25ClF3N9O2. The number of hydrogen-bond donors (Lipinski definition) is 2. The Kier molecular flexibility index (Phi) is 9.41. The van der Waals surface area contributed by atoms with Crippen LogP contribution in [0.1, 0.15) is 46.7 Å². The van der Waals surface area contributed by atoms with Gasteiger partial charge in [0.15, 0.2) is 5.82 Å². The zero-order chi connectivity index (χ0) is 31.2. The standard InChI is InChI=1S/C29H25ClF3N9O2/c1-17(18-10-36-29(37-11-18)41(8-9-43)15-19-4-2-3-7-35-19)42-16-20(12-38-42)39-28(44)24-14-34-13-23(40-24)25-21(27(32)33)5-6-22(30)26(25)31/h2-7,10-14,16-17,27,43H,8-9,15H2,1H3,(H,39,44). The number of benzene rings is 1. The highest BCUT2D eigenvalue weighted by Crippen LogP contribution is 2.35. The van der Waals surface area contributed by atoms with Crippen molar-refractivity contribution in [3.8, 4) is 11.3 Å². The third kappa shape index (κ3) is 6.82. The summed E-state index contributed by atoms with van der Waals surface area (Å²) in [6.45, 7) is 2.53. The summed E-state index contributed by atoms with van der Waals surface area (Å²) in [5.74, 6) is -1.37. The molecule has 0 bridgehead atoms. The maximum atomic E-state index is 14.7. The van der Waals surface area contributed by atoms with Gasteiger partial charge in [0.2, 0.25) is 5.95 Å². The van der Waals surface area contributed by atoms with Gasteiger partial charge >= 0.3 is 0 Å². The number of rotatable bonds is 11. The summed E-state index contributed by atoms with van der Waals surface area (Å²) >= 11 is 5.81. The Bertz CT molecular complexity index is 1740. The fourth-order valence-electron chi connectivity index (χ4n) is 4.33. The third-order valence-electron chi connectivity index (χ3n) is 6.61. The van der Waals surface area contributed by atoms with Gasteiger partial charge in [0, 0.05) is 48.0 Å². The number of nitrogens with one attached hydrogen (secondary N) is 1. The molecule has 1 unspecified atom stereocenters. The lowest BCUT2D eigenvalue weighted by Gasteiger charge is -2.21. The number of amides is 1. The van der Waals surface area contributed by atoms with Crippen LogP contribution in [0.15, 0.2) is 73.7 Å². The first-order valence-electron chi connectivity index (χ1n) is 13.3. The van der Waals surface area contributed by atoms with Crippen molar-refractivity contribution in [2.24, 2.45) is 0 Å². The van der Waals surface area contributed by atoms with Crippen molar-refractivity contribution < 1.29 is 23.1 Å². The maximum Gasteiger partial charge on any atom is 0.275 e. The molecule has 0 radical (unpaired) electrons. The Labute approximate surface area is 254 Å². The van der Waals surface area contributed by atoms with E-state index in [9.17, 15) is 23.1 Å². The molecule has 1 amide bonds. The van der Waals surface area contributed by atoms with Gasteiger partial charge in [0.05, 0.1) is 59.9 Å². The molecular weight excluding hydrogens is 599 g/mol. The highest BCUT2D eigenvalue weighted by atomic mass is 35.5. The highest BCUT2D eigenvalue weighted by Gasteiger charge is 2.23. The lowest BCUT2D eigenvalue weighted by Crippen LogP contribution is -2.28. The van der Waals surface area contributed by atoms with E-state index in [-0.39, 0.29) is 29.1 Å². The highest BCUT2D eigenvalue weighted by molar-refractivity contribution is 6.31. The summed E-state index contributed by atoms with van der Waals surface area (Å²) in [5, 5.41) is 16.1. The zero-order valence-electron chi connectivity index (χ0n) is 23.1. The molecule has 0 aliphatic heterocycles. The topological polar surface area (TPSA) is 135 Å². The van der Waals surface area contributed by atoms with Crippen molar-refractivity contribution in [1.29, 1.82) is 0 Å². The fraction of sp³-hybridized carbons (Fsp3) is 0.207. The van der Waals surface area contributed by atoms with Crippen LogP contribution >= 0.6 is 11.6 Å². The Morgan fingerprint density at radius 2 is 1.89 bits per heavy atom. The summed E-state index contributed by atoms with van der Waals surface area (Å²) in [6, 6.07) is 7.29. The van der Waals surface area contributed by atoms with Crippen molar-refractivity contribution in [3.05, 3.63) is 107 Å². The van der Waals surface area contributed by atoms with Gasteiger partial charge in [-0.1, -0.05) is 23.7 Å². The van der Waals surface area contributed by atoms with Crippen LogP contribution in [-0.4, -0.2) is 58.9 Å². The molecule has 2 N–H and O–H groups in total. The number of nitrogens with zero attached hydrogens (tertiary/aromatic N) is 8. The van der Waals surface area contributed by atoms with Gasteiger partial charge in [-0.05, 0) is 25.1 Å². The first-order chi connectivity index (χ1) is 21.2. The van der Waals surface area contributed by atoms with Crippen molar-refractivity contribution in [2.75, 3.05) is 23.4 Å². The number of anilines is 2. The molecule has 0 spiro atoms. The Balaban J connectivity index is 1.29. The van der Waals surface area contributed by atoms with Crippen LogP contribution in [0.4, 0.5) is 24.8 Å². The van der Waals surface area contributed by atoms with Crippen molar-refractivity contribution in [2.45, 2.75) is 25.9 Å². The Morgan fingerprint density at radius 1 is 1.09 bits per heavy atom. The first kappa shape index (κ1) is 30.5. The molecule has 226 valence electrons. The molecule has 15 heteroatoms. The number of pyridine rings is 1. The van der Waals surface area contributed by atoms with Gasteiger partial charge in [-0.25, -0.2) is 28.1 Å². The normalized spacial score (nSPS) is 11.9. The predicted octanol–water partition coefficient (Wildman–Crippen LogP) is 5.12. The van der Waals surface area contributed by atoms with Gasteiger partial charge in [-0.2, -0.15) is 5.10 Å². The molecule has 4 aromatic heterocycles. The number of carbonyl (C=O) groups excluding carboxylic acids is 1. The molecule has 0 fully saturated rings. The van der Waals surface area contributed by atoms with E-state index in [1.807, 2.05) is 30.0 Å². The minimum absolute atomic E-state index is 0.0831. The molecule has 1 aromatic carbocycles. The van der Waals surface area contributed by atoms with E-state index in [1.165, 1.54) is 6.20 Å². The summed E-state index contributed by atoms with van der Waals surface area (Å²) < 4.78 is 43.4. The van der Waals surface area contributed by atoms with Crippen LogP contribution in [-0.2, 0) is 6.54 Å². The smallest absolute Gasteiger partial charge is 0.275 e. The van der Waals surface area contributed by atoms with E-state index in [0.717, 1.165) is 35.8 Å². The predicted molar refractivity (Wildman–Crippen MR) is 156 cm³/mol. The molecule has 5 aromatic rings. The van der Waals surface area contributed by atoms with Crippen LogP contribution < -0.4 is 10.2 Å². The summed E-state index contributed by atoms with van der Waals surface area (Å²) in [6.07, 6.45) is 7.20.